The van der Waals surface area contributed by atoms with Crippen molar-refractivity contribution in [2.75, 3.05) is 31.8 Å². The molecule has 0 saturated heterocycles. The summed E-state index contributed by atoms with van der Waals surface area (Å²) in [5, 5.41) is 19.2. The van der Waals surface area contributed by atoms with E-state index in [4.69, 9.17) is 5.11 Å². The number of halogens is 1. The van der Waals surface area contributed by atoms with Crippen LogP contribution in [0.15, 0.2) is 243 Å². The topological polar surface area (TPSA) is 109 Å². The molecule has 10 heteroatoms. The predicted octanol–water partition coefficient (Wildman–Crippen LogP) is 5.76. The molecule has 0 bridgehead atoms. The van der Waals surface area contributed by atoms with Gasteiger partial charge in [0.2, 0.25) is 0 Å². The number of hydrogen-bond acceptors (Lipinski definition) is 1. The molecule has 0 atom stereocenters. The molecule has 0 fully saturated rings. The Bertz CT molecular complexity index is 1820. The number of hydrogen-bond donors (Lipinski definition) is 1. The fraction of sp³-hybridized carbons (Fsp3) is 0.127. The van der Waals surface area contributed by atoms with Crippen molar-refractivity contribution in [1.82, 2.24) is 0 Å². The number of benzene rings is 8. The molecule has 0 amide bonds. The van der Waals surface area contributed by atoms with Crippen LogP contribution in [0.4, 0.5) is 0 Å². The first-order valence-electron chi connectivity index (χ1n) is 21.1. The van der Waals surface area contributed by atoms with Crippen molar-refractivity contribution in [3.8, 4) is 0 Å². The van der Waals surface area contributed by atoms with Gasteiger partial charge in [0.15, 0.2) is 0 Å². The first kappa shape index (κ1) is 59.7. The zero-order valence-electron chi connectivity index (χ0n) is 36.9. The summed E-state index contributed by atoms with van der Waals surface area (Å²) in [5.41, 5.74) is 0. The van der Waals surface area contributed by atoms with E-state index in [1.165, 1.54) is 79.9 Å². The van der Waals surface area contributed by atoms with E-state index in [1.54, 1.807) is 0 Å². The molecule has 341 valence electrons. The van der Waals surface area contributed by atoms with Gasteiger partial charge in [-0.3, -0.25) is 0 Å². The fourth-order valence-corrected chi connectivity index (χ4v) is 19.0. The number of aliphatic hydroxyl groups is 1. The van der Waals surface area contributed by atoms with Crippen LogP contribution in [0.2, 0.25) is 0 Å². The van der Waals surface area contributed by atoms with Crippen molar-refractivity contribution < 1.29 is 65.9 Å². The van der Waals surface area contributed by atoms with E-state index >= 15 is 0 Å². The Morgan fingerprint density at radius 3 is 0.477 bits per heavy atom. The molecule has 0 unspecified atom stereocenters. The molecule has 0 heterocycles. The summed E-state index contributed by atoms with van der Waals surface area (Å²) in [6, 6.07) is 89.1. The summed E-state index contributed by atoms with van der Waals surface area (Å²) >= 11 is 0. The van der Waals surface area contributed by atoms with Gasteiger partial charge in [0.1, 0.15) is 0 Å². The maximum Gasteiger partial charge on any atom is 0.0966 e. The van der Waals surface area contributed by atoms with Crippen molar-refractivity contribution in [1.29, 1.82) is 0 Å². The van der Waals surface area contributed by atoms with Gasteiger partial charge in [-0.05, 0) is 97.1 Å². The summed E-state index contributed by atoms with van der Waals surface area (Å²) in [6.45, 7) is 0. The first-order chi connectivity index (χ1) is 29.8. The van der Waals surface area contributed by atoms with E-state index in [1.807, 2.05) is 0 Å². The summed E-state index contributed by atoms with van der Waals surface area (Å²) in [6.07, 6.45) is 7.68. The molecule has 0 spiro atoms. The molecular formula is C55H62IO4P4Re-. The summed E-state index contributed by atoms with van der Waals surface area (Å²) < 4.78 is 0. The molecule has 0 aromatic heterocycles. The molecule has 8 rings (SSSR count). The zero-order valence-corrected chi connectivity index (χ0v) is 45.7. The van der Waals surface area contributed by atoms with Crippen LogP contribution in [0.25, 0.3) is 0 Å². The molecule has 65 heavy (non-hydrogen) atoms. The third-order valence-corrected chi connectivity index (χ3v) is 22.3. The Labute approximate surface area is 424 Å². The van der Waals surface area contributed by atoms with E-state index in [0.29, 0.717) is 0 Å². The fourth-order valence-electron chi connectivity index (χ4n) is 7.82. The predicted molar refractivity (Wildman–Crippen MR) is 284 cm³/mol. The number of rotatable bonds is 16. The average molecular weight is 1220 g/mol. The van der Waals surface area contributed by atoms with Crippen LogP contribution in [0.3, 0.4) is 0 Å². The molecule has 8 aromatic carbocycles. The Balaban J connectivity index is 0.000000583. The van der Waals surface area contributed by atoms with Crippen molar-refractivity contribution in [2.45, 2.75) is 12.8 Å². The summed E-state index contributed by atoms with van der Waals surface area (Å²) in [7, 11) is -1.97. The molecule has 4 nitrogen and oxygen atoms in total. The van der Waals surface area contributed by atoms with Gasteiger partial charge in [0.25, 0.3) is 0 Å². The molecule has 0 aliphatic rings. The van der Waals surface area contributed by atoms with Gasteiger partial charge in [0.05, 0.1) is 98.8 Å². The standard InChI is InChI=1S/2C27H26P2.CH4O.HI.H2O.2O.Re/c2*1-5-14-24(15-6-1)28(25-16-7-2-8-17-25)22-13-23-29(26-18-9-3-10-19-26)27-20-11-4-12-21-27;1-2;;;;;/h2*1-12,14-21H,13,22-23H2;2H,1H3;1H;1H2;;;/q;;;;;2*-2;/p+3. The van der Waals surface area contributed by atoms with Crippen LogP contribution in [0.1, 0.15) is 12.8 Å². The molecule has 3 N–H and O–H groups in total. The minimum absolute atomic E-state index is 0. The number of aliphatic hydroxyl groups excluding tert-OH is 1. The molecular weight excluding hydrogens is 1160 g/mol. The van der Waals surface area contributed by atoms with Gasteiger partial charge >= 0.3 is 0 Å². The smallest absolute Gasteiger partial charge is 0.0966 e. The third-order valence-electron chi connectivity index (χ3n) is 10.7. The average Bonchev–Trinajstić information content (AvgIpc) is 3.35. The van der Waals surface area contributed by atoms with Crippen LogP contribution in [0.5, 0.6) is 0 Å². The Morgan fingerprint density at radius 1 is 0.262 bits per heavy atom. The van der Waals surface area contributed by atoms with E-state index in [0.717, 1.165) is 7.11 Å². The SMILES string of the molecule is CO.O.[I-].[O-2].[O-2].[Re].c1ccc([PH+](CCC[PH+](c2ccccc2)c2ccccc2)c2ccccc2)cc1.c1ccc([PH+](CCC[PH+](c2ccccc2)c2ccccc2)c2ccccc2)cc1. The Hall–Kier alpha value is -3.29. The molecule has 0 aliphatic carbocycles. The van der Waals surface area contributed by atoms with E-state index in [9.17, 15) is 0 Å². The van der Waals surface area contributed by atoms with Crippen molar-refractivity contribution in [2.24, 2.45) is 0 Å². The Morgan fingerprint density at radius 2 is 0.369 bits per heavy atom. The maximum atomic E-state index is 7.00. The second-order valence-electron chi connectivity index (χ2n) is 14.5. The minimum Gasteiger partial charge on any atom is -2.00 e. The van der Waals surface area contributed by atoms with Crippen molar-refractivity contribution >= 4 is 74.1 Å². The van der Waals surface area contributed by atoms with Gasteiger partial charge in [-0.25, -0.2) is 0 Å². The van der Waals surface area contributed by atoms with E-state index < -0.39 is 31.7 Å². The van der Waals surface area contributed by atoms with Gasteiger partial charge in [-0.2, -0.15) is 0 Å². The maximum absolute atomic E-state index is 7.00. The van der Waals surface area contributed by atoms with Crippen LogP contribution >= 0.6 is 31.7 Å². The molecule has 1 radical (unpaired) electrons. The van der Waals surface area contributed by atoms with Crippen LogP contribution < -0.4 is 66.4 Å². The summed E-state index contributed by atoms with van der Waals surface area (Å²) in [5.74, 6) is 0. The van der Waals surface area contributed by atoms with Crippen LogP contribution in [0, 0.1) is 0 Å². The second kappa shape index (κ2) is 34.9. The minimum atomic E-state index is -0.742. The Kier molecular flexibility index (Phi) is 32.1. The first-order valence-corrected chi connectivity index (χ1v) is 28.0. The van der Waals surface area contributed by atoms with Crippen molar-refractivity contribution in [3.63, 3.8) is 0 Å². The molecule has 0 saturated carbocycles. The molecule has 0 aliphatic heterocycles. The summed E-state index contributed by atoms with van der Waals surface area (Å²) in [4.78, 5) is 0. The van der Waals surface area contributed by atoms with E-state index in [2.05, 4.69) is 243 Å². The monoisotopic (exact) mass is 1220 g/mol. The van der Waals surface area contributed by atoms with Crippen LogP contribution in [-0.4, -0.2) is 42.3 Å². The normalized spacial score (nSPS) is 10.0. The third kappa shape index (κ3) is 19.1. The quantitative estimate of drug-likeness (QED) is 0.0965. The van der Waals surface area contributed by atoms with Gasteiger partial charge in [-0.15, -0.1) is 0 Å². The molecule has 8 aromatic rings. The second-order valence-corrected chi connectivity index (χ2v) is 25.0. The largest absolute Gasteiger partial charge is 2.00 e. The van der Waals surface area contributed by atoms with Crippen LogP contribution in [-0.2, 0) is 31.4 Å². The van der Waals surface area contributed by atoms with Gasteiger partial charge in [0, 0.05) is 40.4 Å². The van der Waals surface area contributed by atoms with Crippen molar-refractivity contribution in [3.05, 3.63) is 243 Å². The van der Waals surface area contributed by atoms with E-state index in [-0.39, 0.29) is 60.8 Å². The zero-order chi connectivity index (χ0) is 41.5. The van der Waals surface area contributed by atoms with Gasteiger partial charge in [-0.1, -0.05) is 146 Å². The van der Waals surface area contributed by atoms with Gasteiger partial charge < -0.3 is 45.5 Å².